The summed E-state index contributed by atoms with van der Waals surface area (Å²) in [6, 6.07) is 4.00. The first-order chi connectivity index (χ1) is 9.90. The van der Waals surface area contributed by atoms with Crippen LogP contribution in [0.1, 0.15) is 12.0 Å². The van der Waals surface area contributed by atoms with Crippen molar-refractivity contribution in [1.29, 1.82) is 0 Å². The fourth-order valence-corrected chi connectivity index (χ4v) is 2.57. The molecular formula is C14H13Cl2NO4. The lowest BCUT2D eigenvalue weighted by Gasteiger charge is -2.19. The summed E-state index contributed by atoms with van der Waals surface area (Å²) in [5, 5.41) is 19.2. The van der Waals surface area contributed by atoms with Crippen LogP contribution >= 0.6 is 23.2 Å². The van der Waals surface area contributed by atoms with Crippen molar-refractivity contribution in [3.8, 4) is 0 Å². The molecule has 1 aromatic rings. The van der Waals surface area contributed by atoms with Gasteiger partial charge in [0.25, 0.3) is 0 Å². The number of rotatable bonds is 3. The molecule has 1 saturated heterocycles. The van der Waals surface area contributed by atoms with E-state index in [9.17, 15) is 14.7 Å². The van der Waals surface area contributed by atoms with Crippen molar-refractivity contribution in [2.24, 2.45) is 0 Å². The minimum absolute atomic E-state index is 0.00339. The first kappa shape index (κ1) is 15.8. The van der Waals surface area contributed by atoms with Crippen LogP contribution in [0.2, 0.25) is 10.0 Å². The summed E-state index contributed by atoms with van der Waals surface area (Å²) in [4.78, 5) is 24.3. The quantitative estimate of drug-likeness (QED) is 0.832. The maximum atomic E-state index is 12.1. The van der Waals surface area contributed by atoms with Gasteiger partial charge in [-0.15, -0.1) is 0 Å². The summed E-state index contributed by atoms with van der Waals surface area (Å²) in [7, 11) is 0. The van der Waals surface area contributed by atoms with Gasteiger partial charge in [-0.1, -0.05) is 35.3 Å². The zero-order chi connectivity index (χ0) is 15.6. The summed E-state index contributed by atoms with van der Waals surface area (Å²) in [6.07, 6.45) is 1.91. The number of aliphatic hydroxyl groups is 1. The molecule has 1 amide bonds. The van der Waals surface area contributed by atoms with Crippen LogP contribution in [0.5, 0.6) is 0 Å². The molecule has 0 saturated carbocycles. The highest BCUT2D eigenvalue weighted by molar-refractivity contribution is 6.42. The third-order valence-electron chi connectivity index (χ3n) is 3.23. The van der Waals surface area contributed by atoms with Gasteiger partial charge in [0.1, 0.15) is 6.04 Å². The summed E-state index contributed by atoms with van der Waals surface area (Å²) in [5.74, 6) is -1.62. The lowest BCUT2D eigenvalue weighted by Crippen LogP contribution is -2.39. The fraction of sp³-hybridized carbons (Fsp3) is 0.286. The number of halogens is 2. The molecule has 2 N–H and O–H groups in total. The molecule has 1 fully saturated rings. The molecule has 2 atom stereocenters. The van der Waals surface area contributed by atoms with E-state index in [1.165, 1.54) is 12.2 Å². The third kappa shape index (κ3) is 3.56. The number of carboxylic acid groups (broad SMARTS) is 1. The highest BCUT2D eigenvalue weighted by Crippen LogP contribution is 2.26. The molecule has 0 unspecified atom stereocenters. The van der Waals surface area contributed by atoms with E-state index in [-0.39, 0.29) is 13.0 Å². The van der Waals surface area contributed by atoms with Gasteiger partial charge < -0.3 is 15.1 Å². The molecule has 5 nitrogen and oxygen atoms in total. The molecule has 1 aliphatic rings. The molecule has 0 bridgehead atoms. The number of aliphatic hydroxyl groups excluding tert-OH is 1. The maximum Gasteiger partial charge on any atom is 0.326 e. The predicted octanol–water partition coefficient (Wildman–Crippen LogP) is 2.05. The number of benzene rings is 1. The van der Waals surface area contributed by atoms with E-state index in [1.54, 1.807) is 18.2 Å². The van der Waals surface area contributed by atoms with Crippen LogP contribution in [-0.2, 0) is 9.59 Å². The molecule has 0 aromatic heterocycles. The van der Waals surface area contributed by atoms with Crippen LogP contribution in [0.3, 0.4) is 0 Å². The number of hydrogen-bond donors (Lipinski definition) is 2. The summed E-state index contributed by atoms with van der Waals surface area (Å²) < 4.78 is 0. The number of carbonyl (C=O) groups is 2. The largest absolute Gasteiger partial charge is 0.480 e. The van der Waals surface area contributed by atoms with Gasteiger partial charge in [-0.25, -0.2) is 4.79 Å². The standard InChI is InChI=1S/C14H13Cl2NO4/c15-10-3-1-2-8(13(10)16)4-5-12(19)17-7-9(18)6-11(17)14(20)21/h1-5,9,11,18H,6-7H2,(H,20,21)/t9-,11-/m0/s1. The number of carbonyl (C=O) groups excluding carboxylic acids is 1. The van der Waals surface area contributed by atoms with Crippen LogP contribution in [-0.4, -0.2) is 45.7 Å². The Morgan fingerprint density at radius 2 is 2.05 bits per heavy atom. The van der Waals surface area contributed by atoms with E-state index in [4.69, 9.17) is 28.3 Å². The van der Waals surface area contributed by atoms with Crippen molar-refractivity contribution >= 4 is 41.2 Å². The molecule has 0 aliphatic carbocycles. The Morgan fingerprint density at radius 3 is 2.71 bits per heavy atom. The van der Waals surface area contributed by atoms with Gasteiger partial charge in [0.2, 0.25) is 5.91 Å². The van der Waals surface area contributed by atoms with Gasteiger partial charge in [-0.05, 0) is 17.7 Å². The van der Waals surface area contributed by atoms with E-state index >= 15 is 0 Å². The van der Waals surface area contributed by atoms with Gasteiger partial charge in [-0.3, -0.25) is 4.79 Å². The number of hydrogen-bond acceptors (Lipinski definition) is 3. The highest BCUT2D eigenvalue weighted by Gasteiger charge is 2.37. The van der Waals surface area contributed by atoms with E-state index in [0.717, 1.165) is 4.90 Å². The lowest BCUT2D eigenvalue weighted by atomic mass is 10.2. The number of amides is 1. The molecule has 7 heteroatoms. The Bertz CT molecular complexity index is 603. The van der Waals surface area contributed by atoms with Crippen LogP contribution < -0.4 is 0 Å². The first-order valence-corrected chi connectivity index (χ1v) is 6.99. The second-order valence-electron chi connectivity index (χ2n) is 4.71. The Balaban J connectivity index is 2.15. The Hall–Kier alpha value is -1.56. The summed E-state index contributed by atoms with van der Waals surface area (Å²) >= 11 is 11.9. The third-order valence-corrected chi connectivity index (χ3v) is 4.07. The van der Waals surface area contributed by atoms with Gasteiger partial charge in [0, 0.05) is 19.0 Å². The normalized spacial score (nSPS) is 22.0. The molecule has 0 radical (unpaired) electrons. The highest BCUT2D eigenvalue weighted by atomic mass is 35.5. The van der Waals surface area contributed by atoms with Crippen LogP contribution in [0, 0.1) is 0 Å². The molecule has 112 valence electrons. The van der Waals surface area contributed by atoms with Crippen LogP contribution in [0.4, 0.5) is 0 Å². The number of aliphatic carboxylic acids is 1. The van der Waals surface area contributed by atoms with E-state index in [1.807, 2.05) is 0 Å². The van der Waals surface area contributed by atoms with E-state index in [0.29, 0.717) is 15.6 Å². The second kappa shape index (κ2) is 6.47. The second-order valence-corrected chi connectivity index (χ2v) is 5.50. The van der Waals surface area contributed by atoms with E-state index in [2.05, 4.69) is 0 Å². The zero-order valence-corrected chi connectivity index (χ0v) is 12.4. The molecule has 1 aromatic carbocycles. The van der Waals surface area contributed by atoms with Crippen molar-refractivity contribution in [2.45, 2.75) is 18.6 Å². The van der Waals surface area contributed by atoms with Crippen LogP contribution in [0.15, 0.2) is 24.3 Å². The molecule has 0 spiro atoms. The molecule has 1 heterocycles. The Morgan fingerprint density at radius 1 is 1.33 bits per heavy atom. The average molecular weight is 330 g/mol. The smallest absolute Gasteiger partial charge is 0.326 e. The minimum Gasteiger partial charge on any atom is -0.480 e. The zero-order valence-electron chi connectivity index (χ0n) is 10.9. The monoisotopic (exact) mass is 329 g/mol. The Kier molecular flexibility index (Phi) is 4.88. The van der Waals surface area contributed by atoms with Crippen molar-refractivity contribution in [2.75, 3.05) is 6.54 Å². The SMILES string of the molecule is O=C(O)[C@@H]1C[C@H](O)CN1C(=O)C=Cc1cccc(Cl)c1Cl. The minimum atomic E-state index is -1.13. The number of β-amino-alcohol motifs (C(OH)–C–C–N with tert-alkyl or cyclic N) is 1. The van der Waals surface area contributed by atoms with Gasteiger partial charge in [0.15, 0.2) is 0 Å². The lowest BCUT2D eigenvalue weighted by molar-refractivity contribution is -0.146. The number of carboxylic acids is 1. The average Bonchev–Trinajstić information content (AvgIpc) is 2.82. The molecule has 2 rings (SSSR count). The topological polar surface area (TPSA) is 77.8 Å². The van der Waals surface area contributed by atoms with Gasteiger partial charge in [-0.2, -0.15) is 0 Å². The fourth-order valence-electron chi connectivity index (χ4n) is 2.20. The Labute approximate surface area is 131 Å². The van der Waals surface area contributed by atoms with Gasteiger partial charge >= 0.3 is 5.97 Å². The summed E-state index contributed by atoms with van der Waals surface area (Å²) in [5.41, 5.74) is 0.559. The van der Waals surface area contributed by atoms with Crippen LogP contribution in [0.25, 0.3) is 6.08 Å². The van der Waals surface area contributed by atoms with Crippen molar-refractivity contribution in [3.63, 3.8) is 0 Å². The van der Waals surface area contributed by atoms with Gasteiger partial charge in [0.05, 0.1) is 16.1 Å². The van der Waals surface area contributed by atoms with Crippen molar-refractivity contribution in [1.82, 2.24) is 4.90 Å². The first-order valence-electron chi connectivity index (χ1n) is 6.23. The number of nitrogens with zero attached hydrogens (tertiary/aromatic N) is 1. The predicted molar refractivity (Wildman–Crippen MR) is 79.3 cm³/mol. The number of likely N-dealkylation sites (tertiary alicyclic amines) is 1. The maximum absolute atomic E-state index is 12.1. The van der Waals surface area contributed by atoms with E-state index < -0.39 is 24.0 Å². The van der Waals surface area contributed by atoms with Crippen molar-refractivity contribution in [3.05, 3.63) is 39.9 Å². The van der Waals surface area contributed by atoms with Crippen molar-refractivity contribution < 1.29 is 19.8 Å². The molecule has 1 aliphatic heterocycles. The summed E-state index contributed by atoms with van der Waals surface area (Å²) in [6.45, 7) is 0.00339. The molecule has 21 heavy (non-hydrogen) atoms. The molecular weight excluding hydrogens is 317 g/mol.